The molecule has 2 amide bonds. The molecule has 1 rings (SSSR count). The first-order valence-electron chi connectivity index (χ1n) is 4.52. The van der Waals surface area contributed by atoms with Crippen LogP contribution in [0, 0.1) is 0 Å². The number of carboxylic acids is 1. The van der Waals surface area contributed by atoms with Crippen molar-refractivity contribution in [2.24, 2.45) is 11.5 Å². The largest absolute Gasteiger partial charge is 0.477 e. The van der Waals surface area contributed by atoms with Gasteiger partial charge in [0.25, 0.3) is 0 Å². The molecule has 10 heteroatoms. The Labute approximate surface area is 110 Å². The number of hydrogen-bond acceptors (Lipinski definition) is 6. The number of carbonyl (C=O) groups excluding carboxylic acids is 2. The van der Waals surface area contributed by atoms with E-state index in [-0.39, 0.29) is 28.3 Å². The van der Waals surface area contributed by atoms with Gasteiger partial charge in [-0.15, -0.1) is 0 Å². The average molecular weight is 293 g/mol. The number of hydrogen-bond donors (Lipinski definition) is 3. The van der Waals surface area contributed by atoms with Gasteiger partial charge in [0.05, 0.1) is 13.1 Å². The minimum atomic E-state index is -1.25. The molecular formula is C8H9ClN4O4S. The second-order valence-corrected chi connectivity index (χ2v) is 4.55. The molecule has 1 aromatic rings. The molecule has 98 valence electrons. The number of anilines is 1. The number of aromatic carboxylic acids is 1. The van der Waals surface area contributed by atoms with E-state index in [0.29, 0.717) is 0 Å². The lowest BCUT2D eigenvalue weighted by Crippen LogP contribution is -2.39. The lowest BCUT2D eigenvalue weighted by atomic mass is 10.5. The number of rotatable bonds is 6. The second kappa shape index (κ2) is 5.65. The Balaban J connectivity index is 3.04. The summed E-state index contributed by atoms with van der Waals surface area (Å²) in [7, 11) is 0. The molecule has 18 heavy (non-hydrogen) atoms. The van der Waals surface area contributed by atoms with Crippen LogP contribution in [0.25, 0.3) is 0 Å². The normalized spacial score (nSPS) is 10.1. The molecule has 0 aliphatic carbocycles. The summed E-state index contributed by atoms with van der Waals surface area (Å²) in [5.41, 5.74) is 10.0. The third kappa shape index (κ3) is 3.57. The molecule has 0 saturated heterocycles. The first kappa shape index (κ1) is 14.2. The molecule has 0 aliphatic heterocycles. The second-order valence-electron chi connectivity index (χ2n) is 3.21. The van der Waals surface area contributed by atoms with Gasteiger partial charge in [0.1, 0.15) is 0 Å². The van der Waals surface area contributed by atoms with Gasteiger partial charge in [-0.25, -0.2) is 9.78 Å². The number of nitrogens with zero attached hydrogens (tertiary/aromatic N) is 2. The molecule has 5 N–H and O–H groups in total. The molecular weight excluding hydrogens is 284 g/mol. The van der Waals surface area contributed by atoms with Crippen molar-refractivity contribution < 1.29 is 19.5 Å². The van der Waals surface area contributed by atoms with Crippen LogP contribution in [0.3, 0.4) is 0 Å². The maximum absolute atomic E-state index is 10.8. The number of carboxylic acid groups (broad SMARTS) is 1. The highest BCUT2D eigenvalue weighted by Crippen LogP contribution is 2.29. The van der Waals surface area contributed by atoms with E-state index >= 15 is 0 Å². The van der Waals surface area contributed by atoms with Crippen molar-refractivity contribution >= 4 is 45.9 Å². The minimum Gasteiger partial charge on any atom is -0.477 e. The first-order valence-corrected chi connectivity index (χ1v) is 5.72. The smallest absolute Gasteiger partial charge is 0.349 e. The van der Waals surface area contributed by atoms with E-state index in [0.717, 1.165) is 16.2 Å². The van der Waals surface area contributed by atoms with E-state index in [1.165, 1.54) is 0 Å². The fourth-order valence-electron chi connectivity index (χ4n) is 1.13. The monoisotopic (exact) mass is 292 g/mol. The van der Waals surface area contributed by atoms with Crippen molar-refractivity contribution in [1.29, 1.82) is 0 Å². The molecule has 0 atom stereocenters. The number of halogens is 1. The molecule has 0 radical (unpaired) electrons. The molecule has 1 aromatic heterocycles. The Bertz CT molecular complexity index is 487. The summed E-state index contributed by atoms with van der Waals surface area (Å²) in [6, 6.07) is 0. The van der Waals surface area contributed by atoms with Crippen molar-refractivity contribution in [1.82, 2.24) is 4.98 Å². The molecule has 0 aliphatic rings. The Hall–Kier alpha value is -1.87. The summed E-state index contributed by atoms with van der Waals surface area (Å²) in [5, 5.41) is 8.68. The molecule has 8 nitrogen and oxygen atoms in total. The molecule has 0 bridgehead atoms. The summed E-state index contributed by atoms with van der Waals surface area (Å²) in [4.78, 5) is 37.2. The van der Waals surface area contributed by atoms with Crippen molar-refractivity contribution in [2.75, 3.05) is 18.0 Å². The van der Waals surface area contributed by atoms with E-state index in [2.05, 4.69) is 4.98 Å². The third-order valence-electron chi connectivity index (χ3n) is 1.73. The summed E-state index contributed by atoms with van der Waals surface area (Å²) in [5.74, 6) is -2.67. The van der Waals surface area contributed by atoms with Gasteiger partial charge < -0.3 is 21.5 Å². The number of aromatic nitrogens is 1. The van der Waals surface area contributed by atoms with Gasteiger partial charge in [-0.2, -0.15) is 0 Å². The van der Waals surface area contributed by atoms with Crippen molar-refractivity contribution in [2.45, 2.75) is 0 Å². The zero-order valence-corrected chi connectivity index (χ0v) is 10.5. The van der Waals surface area contributed by atoms with E-state index in [9.17, 15) is 14.4 Å². The maximum Gasteiger partial charge on any atom is 0.349 e. The van der Waals surface area contributed by atoms with E-state index in [1.54, 1.807) is 0 Å². The van der Waals surface area contributed by atoms with Crippen LogP contribution in [-0.2, 0) is 9.59 Å². The molecule has 0 fully saturated rings. The lowest BCUT2D eigenvalue weighted by molar-refractivity contribution is -0.117. The molecule has 0 spiro atoms. The van der Waals surface area contributed by atoms with Crippen LogP contribution in [0.5, 0.6) is 0 Å². The van der Waals surface area contributed by atoms with Crippen LogP contribution in [0.2, 0.25) is 5.15 Å². The number of amides is 2. The third-order valence-corrected chi connectivity index (χ3v) is 3.22. The summed E-state index contributed by atoms with van der Waals surface area (Å²) >= 11 is 6.34. The van der Waals surface area contributed by atoms with Crippen LogP contribution < -0.4 is 16.4 Å². The zero-order chi connectivity index (χ0) is 13.9. The van der Waals surface area contributed by atoms with Crippen molar-refractivity contribution in [3.63, 3.8) is 0 Å². The van der Waals surface area contributed by atoms with Gasteiger partial charge in [0, 0.05) is 0 Å². The topological polar surface area (TPSA) is 140 Å². The predicted octanol–water partition coefficient (Wildman–Crippen LogP) is -0.728. The van der Waals surface area contributed by atoms with E-state index in [4.69, 9.17) is 28.2 Å². The standard InChI is InChI=1S/C8H9ClN4O4S/c9-6-5(7(16)17)18-8(12-6)13(1-3(10)14)2-4(11)15/h1-2H2,(H2,10,14)(H2,11,15)(H,16,17). The van der Waals surface area contributed by atoms with Crippen molar-refractivity contribution in [3.8, 4) is 0 Å². The molecule has 0 saturated carbocycles. The Morgan fingerprint density at radius 3 is 2.11 bits per heavy atom. The summed E-state index contributed by atoms with van der Waals surface area (Å²) in [6.07, 6.45) is 0. The molecule has 1 heterocycles. The number of primary amides is 2. The van der Waals surface area contributed by atoms with Crippen LogP contribution in [0.4, 0.5) is 5.13 Å². The van der Waals surface area contributed by atoms with Gasteiger partial charge in [-0.3, -0.25) is 9.59 Å². The minimum absolute atomic E-state index is 0.0926. The van der Waals surface area contributed by atoms with Gasteiger partial charge in [-0.05, 0) is 0 Å². The van der Waals surface area contributed by atoms with Crippen molar-refractivity contribution in [3.05, 3.63) is 10.0 Å². The van der Waals surface area contributed by atoms with Gasteiger partial charge in [0.2, 0.25) is 11.8 Å². The molecule has 0 unspecified atom stereocenters. The quantitative estimate of drug-likeness (QED) is 0.631. The van der Waals surface area contributed by atoms with Gasteiger partial charge in [-0.1, -0.05) is 22.9 Å². The Morgan fingerprint density at radius 1 is 1.28 bits per heavy atom. The SMILES string of the molecule is NC(=O)CN(CC(N)=O)c1nc(Cl)c(C(=O)O)s1. The van der Waals surface area contributed by atoms with Gasteiger partial charge in [0.15, 0.2) is 15.2 Å². The number of carbonyl (C=O) groups is 3. The Morgan fingerprint density at radius 2 is 1.78 bits per heavy atom. The van der Waals surface area contributed by atoms with Crippen LogP contribution in [-0.4, -0.2) is 41.0 Å². The fourth-order valence-corrected chi connectivity index (χ4v) is 2.25. The Kier molecular flexibility index (Phi) is 4.45. The number of nitrogens with two attached hydrogens (primary N) is 2. The lowest BCUT2D eigenvalue weighted by Gasteiger charge is -2.17. The maximum atomic E-state index is 10.8. The van der Waals surface area contributed by atoms with E-state index in [1.807, 2.05) is 0 Å². The highest BCUT2D eigenvalue weighted by molar-refractivity contribution is 7.18. The van der Waals surface area contributed by atoms with Crippen LogP contribution in [0.15, 0.2) is 0 Å². The van der Waals surface area contributed by atoms with Gasteiger partial charge >= 0.3 is 5.97 Å². The molecule has 0 aromatic carbocycles. The number of thiazole rings is 1. The highest BCUT2D eigenvalue weighted by atomic mass is 35.5. The highest BCUT2D eigenvalue weighted by Gasteiger charge is 2.21. The average Bonchev–Trinajstić information content (AvgIpc) is 2.57. The fraction of sp³-hybridized carbons (Fsp3) is 0.250. The van der Waals surface area contributed by atoms with Crippen LogP contribution >= 0.6 is 22.9 Å². The van der Waals surface area contributed by atoms with Crippen LogP contribution in [0.1, 0.15) is 9.67 Å². The summed E-state index contributed by atoms with van der Waals surface area (Å²) in [6.45, 7) is -0.627. The summed E-state index contributed by atoms with van der Waals surface area (Å²) < 4.78 is 0. The van der Waals surface area contributed by atoms with E-state index < -0.39 is 17.8 Å². The zero-order valence-electron chi connectivity index (χ0n) is 8.92. The first-order chi connectivity index (χ1) is 8.31. The predicted molar refractivity (Wildman–Crippen MR) is 64.7 cm³/mol.